The summed E-state index contributed by atoms with van der Waals surface area (Å²) in [5.41, 5.74) is 0.321. The Labute approximate surface area is 212 Å². The third kappa shape index (κ3) is 5.03. The molecule has 3 heterocycles. The van der Waals surface area contributed by atoms with Gasteiger partial charge in [0.1, 0.15) is 24.3 Å². The van der Waals surface area contributed by atoms with Crippen LogP contribution in [0.2, 0.25) is 0 Å². The molecule has 0 amide bonds. The molecule has 2 saturated carbocycles. The van der Waals surface area contributed by atoms with Gasteiger partial charge in [-0.2, -0.15) is 4.31 Å². The lowest BCUT2D eigenvalue weighted by atomic mass is 10.0. The summed E-state index contributed by atoms with van der Waals surface area (Å²) in [5.74, 6) is -0.320. The number of aromatic nitrogens is 3. The summed E-state index contributed by atoms with van der Waals surface area (Å²) >= 11 is 0. The largest absolute Gasteiger partial charge is 0.368 e. The SMILES string of the molecule is C1CCCCC1.CC1CC[C@H](C)N(Cc2cc(F)c(N3C[C@@H]4C(n5cnnc5)[C@@H]4C3)cc2F)S1(=O)=O. The average Bonchev–Trinajstić information content (AvgIpc) is 3.24. The molecule has 6 rings (SSSR count). The second-order valence-electron chi connectivity index (χ2n) is 11.0. The van der Waals surface area contributed by atoms with Crippen molar-refractivity contribution in [3.05, 3.63) is 42.0 Å². The molecule has 0 radical (unpaired) electrons. The van der Waals surface area contributed by atoms with Crippen LogP contribution in [-0.2, 0) is 16.6 Å². The van der Waals surface area contributed by atoms with Crippen molar-refractivity contribution in [3.8, 4) is 0 Å². The lowest BCUT2D eigenvalue weighted by Crippen LogP contribution is -2.47. The number of piperidine rings is 1. The van der Waals surface area contributed by atoms with E-state index >= 15 is 0 Å². The van der Waals surface area contributed by atoms with Crippen LogP contribution >= 0.6 is 0 Å². The summed E-state index contributed by atoms with van der Waals surface area (Å²) in [6.45, 7) is 4.64. The molecular weight excluding hydrogens is 484 g/mol. The van der Waals surface area contributed by atoms with E-state index in [1.807, 2.05) is 16.4 Å². The molecule has 2 aliphatic carbocycles. The number of hydrogen-bond donors (Lipinski definition) is 0. The van der Waals surface area contributed by atoms with Gasteiger partial charge in [-0.1, -0.05) is 38.5 Å². The van der Waals surface area contributed by atoms with E-state index in [2.05, 4.69) is 10.2 Å². The zero-order valence-corrected chi connectivity index (χ0v) is 22.0. The van der Waals surface area contributed by atoms with Gasteiger partial charge in [0, 0.05) is 55.2 Å². The van der Waals surface area contributed by atoms with E-state index in [0.29, 0.717) is 43.8 Å². The molecule has 1 aromatic heterocycles. The first-order valence-electron chi connectivity index (χ1n) is 13.3. The van der Waals surface area contributed by atoms with Gasteiger partial charge in [0.25, 0.3) is 0 Å². The Morgan fingerprint density at radius 3 is 2.06 bits per heavy atom. The third-order valence-electron chi connectivity index (χ3n) is 8.53. The topological polar surface area (TPSA) is 71.3 Å². The first-order valence-corrected chi connectivity index (χ1v) is 14.9. The van der Waals surface area contributed by atoms with Crippen LogP contribution in [-0.4, -0.2) is 51.9 Å². The van der Waals surface area contributed by atoms with Crippen LogP contribution in [0.1, 0.15) is 76.8 Å². The Kier molecular flexibility index (Phi) is 7.36. The van der Waals surface area contributed by atoms with E-state index in [9.17, 15) is 17.2 Å². The monoisotopic (exact) mass is 521 g/mol. The summed E-state index contributed by atoms with van der Waals surface area (Å²) in [5, 5.41) is 7.16. The maximum Gasteiger partial charge on any atom is 0.217 e. The lowest BCUT2D eigenvalue weighted by Gasteiger charge is -2.36. The second kappa shape index (κ2) is 10.4. The molecule has 0 N–H and O–H groups in total. The Morgan fingerprint density at radius 2 is 1.47 bits per heavy atom. The van der Waals surface area contributed by atoms with Gasteiger partial charge in [-0.3, -0.25) is 0 Å². The fourth-order valence-electron chi connectivity index (χ4n) is 6.16. The summed E-state index contributed by atoms with van der Waals surface area (Å²) in [6.07, 6.45) is 13.7. The van der Waals surface area contributed by atoms with Gasteiger partial charge in [0.2, 0.25) is 10.0 Å². The highest BCUT2D eigenvalue weighted by Gasteiger charge is 2.57. The summed E-state index contributed by atoms with van der Waals surface area (Å²) in [4.78, 5) is 1.88. The molecule has 5 atom stereocenters. The van der Waals surface area contributed by atoms with E-state index in [-0.39, 0.29) is 23.8 Å². The molecule has 2 saturated heterocycles. The molecule has 0 spiro atoms. The predicted molar refractivity (Wildman–Crippen MR) is 135 cm³/mol. The molecule has 10 heteroatoms. The van der Waals surface area contributed by atoms with Crippen LogP contribution in [0.4, 0.5) is 14.5 Å². The normalized spacial score (nSPS) is 31.4. The fourth-order valence-corrected chi connectivity index (χ4v) is 7.99. The Bertz CT molecular complexity index is 1130. The smallest absolute Gasteiger partial charge is 0.217 e. The number of benzene rings is 1. The fraction of sp³-hybridized carbons (Fsp3) is 0.692. The molecular formula is C26H37F2N5O2S. The predicted octanol–water partition coefficient (Wildman–Crippen LogP) is 4.91. The molecule has 36 heavy (non-hydrogen) atoms. The van der Waals surface area contributed by atoms with Crippen LogP contribution in [0.5, 0.6) is 0 Å². The van der Waals surface area contributed by atoms with Crippen molar-refractivity contribution in [2.75, 3.05) is 18.0 Å². The average molecular weight is 522 g/mol. The number of anilines is 1. The van der Waals surface area contributed by atoms with Crippen molar-refractivity contribution < 1.29 is 17.2 Å². The summed E-state index contributed by atoms with van der Waals surface area (Å²) in [7, 11) is -3.51. The first-order chi connectivity index (χ1) is 17.3. The number of sulfonamides is 1. The molecule has 1 aromatic carbocycles. The summed E-state index contributed by atoms with van der Waals surface area (Å²) in [6, 6.07) is 2.48. The van der Waals surface area contributed by atoms with Crippen molar-refractivity contribution >= 4 is 15.7 Å². The van der Waals surface area contributed by atoms with Crippen molar-refractivity contribution in [1.82, 2.24) is 19.1 Å². The molecule has 2 aliphatic heterocycles. The lowest BCUT2D eigenvalue weighted by molar-refractivity contribution is 0.281. The van der Waals surface area contributed by atoms with E-state index in [1.54, 1.807) is 19.6 Å². The quantitative estimate of drug-likeness (QED) is 0.572. The minimum Gasteiger partial charge on any atom is -0.368 e. The van der Waals surface area contributed by atoms with Crippen LogP contribution in [0, 0.1) is 23.5 Å². The van der Waals surface area contributed by atoms with Gasteiger partial charge < -0.3 is 9.47 Å². The van der Waals surface area contributed by atoms with Gasteiger partial charge in [-0.15, -0.1) is 10.2 Å². The standard InChI is InChI=1S/C20H25F2N5O2S.C6H12/c1-12-3-4-13(2)30(28,29)27(12)7-14-5-18(22)19(6-17(14)21)25-8-15-16(9-25)20(15)26-10-23-24-11-26;1-2-4-6-5-3-1/h5-6,10-13,15-16,20H,3-4,7-9H2,1-2H3;1-6H2/t12-,13?,15-,16+,20?;/m0./s1. The molecule has 198 valence electrons. The highest BCUT2D eigenvalue weighted by molar-refractivity contribution is 7.89. The van der Waals surface area contributed by atoms with Crippen LogP contribution in [0.3, 0.4) is 0 Å². The van der Waals surface area contributed by atoms with E-state index in [0.717, 1.165) is 6.07 Å². The molecule has 2 aromatic rings. The van der Waals surface area contributed by atoms with Gasteiger partial charge in [-0.25, -0.2) is 17.2 Å². The Hall–Kier alpha value is -2.07. The highest BCUT2D eigenvalue weighted by atomic mass is 32.2. The highest BCUT2D eigenvalue weighted by Crippen LogP contribution is 2.56. The number of halogens is 2. The van der Waals surface area contributed by atoms with Crippen LogP contribution in [0.25, 0.3) is 0 Å². The maximum absolute atomic E-state index is 14.9. The van der Waals surface area contributed by atoms with Gasteiger partial charge >= 0.3 is 0 Å². The zero-order valence-electron chi connectivity index (χ0n) is 21.2. The molecule has 4 aliphatic rings. The van der Waals surface area contributed by atoms with Crippen LogP contribution < -0.4 is 4.90 Å². The van der Waals surface area contributed by atoms with Crippen LogP contribution in [0.15, 0.2) is 24.8 Å². The second-order valence-corrected chi connectivity index (χ2v) is 13.3. The first kappa shape index (κ1) is 25.6. The van der Waals surface area contributed by atoms with Crippen molar-refractivity contribution in [3.63, 3.8) is 0 Å². The minimum absolute atomic E-state index is 0.0764. The zero-order chi connectivity index (χ0) is 25.4. The van der Waals surface area contributed by atoms with E-state index < -0.39 is 26.9 Å². The molecule has 0 bridgehead atoms. The van der Waals surface area contributed by atoms with Crippen molar-refractivity contribution in [1.29, 1.82) is 0 Å². The van der Waals surface area contributed by atoms with E-state index in [4.69, 9.17) is 0 Å². The molecule has 2 unspecified atom stereocenters. The Balaban J connectivity index is 0.000000391. The Morgan fingerprint density at radius 1 is 0.889 bits per heavy atom. The van der Waals surface area contributed by atoms with Gasteiger partial charge in [-0.05, 0) is 32.8 Å². The maximum atomic E-state index is 14.9. The third-order valence-corrected chi connectivity index (χ3v) is 10.9. The number of nitrogens with zero attached hydrogens (tertiary/aromatic N) is 5. The summed E-state index contributed by atoms with van der Waals surface area (Å²) < 4.78 is 58.4. The number of hydrogen-bond acceptors (Lipinski definition) is 5. The molecule has 7 nitrogen and oxygen atoms in total. The number of fused-ring (bicyclic) bond motifs is 1. The molecule has 4 fully saturated rings. The van der Waals surface area contributed by atoms with Gasteiger partial charge in [0.15, 0.2) is 0 Å². The minimum atomic E-state index is -3.51. The van der Waals surface area contributed by atoms with Crippen molar-refractivity contribution in [2.24, 2.45) is 11.8 Å². The van der Waals surface area contributed by atoms with E-state index in [1.165, 1.54) is 48.9 Å². The van der Waals surface area contributed by atoms with Gasteiger partial charge in [0.05, 0.1) is 10.9 Å². The van der Waals surface area contributed by atoms with Crippen molar-refractivity contribution in [2.45, 2.75) is 89.1 Å². The number of rotatable bonds is 4.